The Morgan fingerprint density at radius 1 is 0.423 bits per heavy atom. The van der Waals surface area contributed by atoms with Gasteiger partial charge in [-0.1, -0.05) is 0 Å². The molecule has 0 spiro atoms. The number of halogens is 6. The first-order valence-corrected chi connectivity index (χ1v) is 7.38. The van der Waals surface area contributed by atoms with Crippen LogP contribution in [0.5, 0.6) is 0 Å². The van der Waals surface area contributed by atoms with Crippen LogP contribution in [0.2, 0.25) is 0 Å². The average molecular weight is 455 g/mol. The Bertz CT molecular complexity index is 418. The van der Waals surface area contributed by atoms with Crippen molar-refractivity contribution in [2.45, 2.75) is 41.5 Å². The van der Waals surface area contributed by atoms with E-state index in [9.17, 15) is 25.2 Å². The van der Waals surface area contributed by atoms with Gasteiger partial charge in [0.25, 0.3) is 0 Å². The van der Waals surface area contributed by atoms with Crippen molar-refractivity contribution >= 4 is 7.81 Å². The van der Waals surface area contributed by atoms with E-state index < -0.39 is 7.81 Å². The van der Waals surface area contributed by atoms with Crippen LogP contribution >= 0.6 is 7.81 Å². The largest absolute Gasteiger partial charge is 1.00 e. The van der Waals surface area contributed by atoms with E-state index in [-0.39, 0.29) is 17.1 Å². The van der Waals surface area contributed by atoms with Gasteiger partial charge >= 0.3 is 50.1 Å². The Morgan fingerprint density at radius 2 is 0.423 bits per heavy atom. The summed E-state index contributed by atoms with van der Waals surface area (Å²) in [6.07, 6.45) is 0. The fourth-order valence-corrected chi connectivity index (χ4v) is 0. The van der Waals surface area contributed by atoms with Crippen molar-refractivity contribution in [2.75, 3.05) is 0 Å². The molecule has 0 aromatic heterocycles. The first-order chi connectivity index (χ1) is 10.9. The van der Waals surface area contributed by atoms with Crippen LogP contribution in [-0.4, -0.2) is 0 Å². The topological polar surface area (TPSA) is 143 Å². The van der Waals surface area contributed by atoms with Crippen LogP contribution < -0.4 is 0 Å². The van der Waals surface area contributed by atoms with Gasteiger partial charge in [-0.2, -0.15) is 31.6 Å². The van der Waals surface area contributed by atoms with E-state index in [0.717, 1.165) is 0 Å². The summed E-state index contributed by atoms with van der Waals surface area (Å²) in [5, 5.41) is 43.9. The summed E-state index contributed by atoms with van der Waals surface area (Å²) in [5.41, 5.74) is 0. The van der Waals surface area contributed by atoms with Gasteiger partial charge in [-0.05, 0) is 0 Å². The molecule has 14 heteroatoms. The minimum absolute atomic E-state index is 0. The van der Waals surface area contributed by atoms with E-state index in [0.29, 0.717) is 0 Å². The molecule has 26 heavy (non-hydrogen) atoms. The quantitative estimate of drug-likeness (QED) is 0.230. The molecule has 0 radical (unpaired) electrons. The predicted molar refractivity (Wildman–Crippen MR) is 81.3 cm³/mol. The molecule has 0 aromatic rings. The monoisotopic (exact) mass is 454 g/mol. The summed E-state index contributed by atoms with van der Waals surface area (Å²) < 4.78 is 59.2. The van der Waals surface area contributed by atoms with E-state index in [1.165, 1.54) is 41.5 Å². The van der Waals surface area contributed by atoms with Gasteiger partial charge in [0.05, 0.1) is 36.4 Å². The van der Waals surface area contributed by atoms with Crippen molar-refractivity contribution in [1.82, 2.24) is 0 Å². The normalized spacial score (nSPS) is 8.08. The van der Waals surface area contributed by atoms with Gasteiger partial charge in [0.2, 0.25) is 0 Å². The maximum Gasteiger partial charge on any atom is 1.00 e. The Labute approximate surface area is 160 Å². The van der Waals surface area contributed by atoms with Crippen molar-refractivity contribution in [3.8, 4) is 36.4 Å². The van der Waals surface area contributed by atoms with E-state index in [1.54, 1.807) is 36.4 Å². The summed E-state index contributed by atoms with van der Waals surface area (Å²) in [7, 11) is -10.7. The summed E-state index contributed by atoms with van der Waals surface area (Å²) in [4.78, 5) is 0. The molecule has 0 unspecified atom stereocenters. The molecular formula is C12H18CuF6N6P. The van der Waals surface area contributed by atoms with Gasteiger partial charge in [-0.15, -0.1) is 0 Å². The average Bonchev–Trinajstić information content (AvgIpc) is 2.29. The molecule has 0 aromatic carbocycles. The summed E-state index contributed by atoms with van der Waals surface area (Å²) in [6.45, 7) is 8.58. The van der Waals surface area contributed by atoms with E-state index >= 15 is 0 Å². The van der Waals surface area contributed by atoms with Gasteiger partial charge in [0.15, 0.2) is 0 Å². The van der Waals surface area contributed by atoms with Crippen LogP contribution in [0.25, 0.3) is 0 Å². The molecule has 6 nitrogen and oxygen atoms in total. The second-order valence-corrected chi connectivity index (χ2v) is 4.22. The van der Waals surface area contributed by atoms with Crippen LogP contribution in [0, 0.1) is 68.0 Å². The molecule has 0 saturated carbocycles. The summed E-state index contributed by atoms with van der Waals surface area (Å²) in [5.74, 6) is 0. The Balaban J connectivity index is -0.0000000251. The molecule has 0 atom stereocenters. The predicted octanol–water partition coefficient (Wildman–Crippen LogP) is 6.56. The molecule has 154 valence electrons. The van der Waals surface area contributed by atoms with Crippen molar-refractivity contribution < 1.29 is 42.3 Å². The van der Waals surface area contributed by atoms with E-state index in [1.807, 2.05) is 0 Å². The van der Waals surface area contributed by atoms with Gasteiger partial charge < -0.3 is 0 Å². The zero-order valence-corrected chi connectivity index (χ0v) is 16.5. The van der Waals surface area contributed by atoms with Crippen LogP contribution in [0.1, 0.15) is 41.5 Å². The molecule has 0 aliphatic rings. The van der Waals surface area contributed by atoms with Crippen LogP contribution in [-0.2, 0) is 17.1 Å². The second-order valence-electron chi connectivity index (χ2n) is 2.30. The molecule has 0 aliphatic carbocycles. The van der Waals surface area contributed by atoms with E-state index in [4.69, 9.17) is 31.6 Å². The Kier molecular flexibility index (Phi) is 57.8. The number of hydrogen-bond donors (Lipinski definition) is 0. The minimum Gasteiger partial charge on any atom is 1.00 e. The van der Waals surface area contributed by atoms with E-state index in [2.05, 4.69) is 0 Å². The molecule has 0 bridgehead atoms. The zero-order valence-electron chi connectivity index (χ0n) is 14.7. The zero-order chi connectivity index (χ0) is 22.7. The van der Waals surface area contributed by atoms with Gasteiger partial charge in [0.1, 0.15) is 0 Å². The number of nitriles is 6. The van der Waals surface area contributed by atoms with Crippen LogP contribution in [0.4, 0.5) is 25.2 Å². The fraction of sp³-hybridized carbons (Fsp3) is 0.500. The smallest absolute Gasteiger partial charge is 1.00 e. The SMILES string of the molecule is CC#N.CC#N.CC#N.CC#N.CC#N.CC#N.F[P-](F)(F)(F)(F)F.[Cu+]. The first kappa shape index (κ1) is 49.5. The number of nitrogens with zero attached hydrogens (tertiary/aromatic N) is 6. The third-order valence-electron chi connectivity index (χ3n) is 0. The summed E-state index contributed by atoms with van der Waals surface area (Å²) in [6, 6.07) is 10.5. The third kappa shape index (κ3) is 1400. The van der Waals surface area contributed by atoms with Gasteiger partial charge in [-0.3, -0.25) is 0 Å². The molecule has 0 fully saturated rings. The van der Waals surface area contributed by atoms with Crippen LogP contribution in [0.15, 0.2) is 0 Å². The molecule has 0 rings (SSSR count). The van der Waals surface area contributed by atoms with Gasteiger partial charge in [0, 0.05) is 41.5 Å². The first-order valence-electron chi connectivity index (χ1n) is 5.36. The molecule has 0 amide bonds. The molecular weight excluding hydrogens is 437 g/mol. The molecule has 0 N–H and O–H groups in total. The number of hydrogen-bond acceptors (Lipinski definition) is 6. The van der Waals surface area contributed by atoms with Crippen molar-refractivity contribution in [3.63, 3.8) is 0 Å². The second kappa shape index (κ2) is 30.4. The van der Waals surface area contributed by atoms with Crippen molar-refractivity contribution in [2.24, 2.45) is 0 Å². The van der Waals surface area contributed by atoms with Gasteiger partial charge in [-0.25, -0.2) is 0 Å². The standard InChI is InChI=1S/6C2H3N.Cu.F6P/c6*1-2-3;;1-7(2,3,4,5)6/h6*1H3;;/q;;;;;;+1;-1. The molecule has 0 heterocycles. The van der Waals surface area contributed by atoms with Crippen molar-refractivity contribution in [1.29, 1.82) is 31.6 Å². The molecule has 0 saturated heterocycles. The summed E-state index contributed by atoms with van der Waals surface area (Å²) >= 11 is 0. The maximum atomic E-state index is 9.87. The van der Waals surface area contributed by atoms with Crippen molar-refractivity contribution in [3.05, 3.63) is 0 Å². The van der Waals surface area contributed by atoms with Crippen LogP contribution in [0.3, 0.4) is 0 Å². The Morgan fingerprint density at radius 3 is 0.423 bits per heavy atom. The molecule has 0 aliphatic heterocycles. The Hall–Kier alpha value is -2.53. The third-order valence-corrected chi connectivity index (χ3v) is 0. The minimum atomic E-state index is -10.7. The maximum absolute atomic E-state index is 10.7. The number of rotatable bonds is 0. The fourth-order valence-electron chi connectivity index (χ4n) is 0.